The monoisotopic (exact) mass is 320 g/mol. The molecule has 0 unspecified atom stereocenters. The van der Waals surface area contributed by atoms with Crippen molar-refractivity contribution < 1.29 is 24.3 Å². The molecule has 1 aromatic carbocycles. The summed E-state index contributed by atoms with van der Waals surface area (Å²) in [6, 6.07) is 4.13. The van der Waals surface area contributed by atoms with Crippen molar-refractivity contribution in [3.8, 4) is 5.75 Å². The lowest BCUT2D eigenvalue weighted by Gasteiger charge is -2.04. The second kappa shape index (κ2) is 6.82. The van der Waals surface area contributed by atoms with Gasteiger partial charge in [0.1, 0.15) is 16.7 Å². The summed E-state index contributed by atoms with van der Waals surface area (Å²) in [6.07, 6.45) is 1.97. The Kier molecular flexibility index (Phi) is 4.85. The molecule has 3 N–H and O–H groups in total. The summed E-state index contributed by atoms with van der Waals surface area (Å²) in [5.41, 5.74) is 0.698. The largest absolute Gasteiger partial charge is 0.508 e. The van der Waals surface area contributed by atoms with E-state index in [2.05, 4.69) is 5.32 Å². The number of aromatic hydroxyl groups is 1. The summed E-state index contributed by atoms with van der Waals surface area (Å²) in [7, 11) is 0. The molecule has 0 fully saturated rings. The van der Waals surface area contributed by atoms with E-state index in [1.165, 1.54) is 24.3 Å². The minimum absolute atomic E-state index is 0.0460. The van der Waals surface area contributed by atoms with Gasteiger partial charge in [-0.15, -0.1) is 0 Å². The molecular weight excluding hydrogens is 304 g/mol. The SMILES string of the molecule is CC(=Cc1oc2ccc(O)cc2c1[N+](=O)[O-])NCCCC(=O)O. The van der Waals surface area contributed by atoms with E-state index in [-0.39, 0.29) is 29.0 Å². The molecule has 0 amide bonds. The first kappa shape index (κ1) is 16.3. The first-order valence-corrected chi connectivity index (χ1v) is 6.92. The van der Waals surface area contributed by atoms with Crippen LogP contribution in [0.25, 0.3) is 17.0 Å². The van der Waals surface area contributed by atoms with Crippen LogP contribution >= 0.6 is 0 Å². The summed E-state index contributed by atoms with van der Waals surface area (Å²) in [6.45, 7) is 2.14. The fourth-order valence-corrected chi connectivity index (χ4v) is 2.15. The first-order chi connectivity index (χ1) is 10.9. The molecule has 23 heavy (non-hydrogen) atoms. The van der Waals surface area contributed by atoms with Crippen LogP contribution in [0, 0.1) is 10.1 Å². The lowest BCUT2D eigenvalue weighted by Crippen LogP contribution is -2.13. The van der Waals surface area contributed by atoms with Crippen LogP contribution in [0.1, 0.15) is 25.5 Å². The van der Waals surface area contributed by atoms with Gasteiger partial charge in [0.25, 0.3) is 0 Å². The highest BCUT2D eigenvalue weighted by Gasteiger charge is 2.23. The van der Waals surface area contributed by atoms with Gasteiger partial charge in [-0.25, -0.2) is 0 Å². The number of hydrogen-bond donors (Lipinski definition) is 3. The normalized spacial score (nSPS) is 11.6. The maximum Gasteiger partial charge on any atom is 0.322 e. The molecule has 0 bridgehead atoms. The van der Waals surface area contributed by atoms with Crippen LogP contribution < -0.4 is 5.32 Å². The number of allylic oxidation sites excluding steroid dienone is 1. The van der Waals surface area contributed by atoms with E-state index in [9.17, 15) is 20.0 Å². The number of phenolic OH excluding ortho intramolecular Hbond substituents is 1. The highest BCUT2D eigenvalue weighted by Crippen LogP contribution is 2.35. The molecule has 0 aliphatic heterocycles. The maximum atomic E-state index is 11.3. The van der Waals surface area contributed by atoms with Crippen LogP contribution in [0.4, 0.5) is 5.69 Å². The molecule has 1 aromatic heterocycles. The fraction of sp³-hybridized carbons (Fsp3) is 0.267. The number of benzene rings is 1. The fourth-order valence-electron chi connectivity index (χ4n) is 2.15. The second-order valence-corrected chi connectivity index (χ2v) is 5.00. The number of aliphatic carboxylic acids is 1. The number of nitrogens with zero attached hydrogens (tertiary/aromatic N) is 1. The van der Waals surface area contributed by atoms with Gasteiger partial charge >= 0.3 is 11.7 Å². The third-order valence-corrected chi connectivity index (χ3v) is 3.17. The Hall–Kier alpha value is -3.03. The Morgan fingerprint density at radius 3 is 2.87 bits per heavy atom. The van der Waals surface area contributed by atoms with Crippen LogP contribution in [-0.2, 0) is 4.79 Å². The van der Waals surface area contributed by atoms with Crippen molar-refractivity contribution in [1.82, 2.24) is 5.32 Å². The number of furan rings is 1. The number of nitrogens with one attached hydrogen (secondary N) is 1. The van der Waals surface area contributed by atoms with Crippen molar-refractivity contribution in [3.05, 3.63) is 39.8 Å². The molecule has 0 radical (unpaired) electrons. The van der Waals surface area contributed by atoms with E-state index < -0.39 is 10.9 Å². The zero-order chi connectivity index (χ0) is 17.0. The van der Waals surface area contributed by atoms with Crippen molar-refractivity contribution in [2.75, 3.05) is 6.54 Å². The highest BCUT2D eigenvalue weighted by molar-refractivity contribution is 5.92. The molecule has 8 heteroatoms. The van der Waals surface area contributed by atoms with Crippen LogP contribution in [0.15, 0.2) is 28.3 Å². The van der Waals surface area contributed by atoms with E-state index in [1.807, 2.05) is 0 Å². The minimum atomic E-state index is -0.874. The standard InChI is InChI=1S/C15H16N2O6/c1-9(16-6-2-3-14(19)20)7-13-15(17(21)22)11-8-10(18)4-5-12(11)23-13/h4-5,7-8,16,18H,2-3,6H2,1H3,(H,19,20). The number of carbonyl (C=O) groups is 1. The number of rotatable bonds is 7. The van der Waals surface area contributed by atoms with Crippen molar-refractivity contribution in [2.45, 2.75) is 19.8 Å². The smallest absolute Gasteiger partial charge is 0.322 e. The average molecular weight is 320 g/mol. The Morgan fingerprint density at radius 2 is 2.22 bits per heavy atom. The van der Waals surface area contributed by atoms with Gasteiger partial charge in [0.05, 0.1) is 4.92 Å². The quantitative estimate of drug-likeness (QED) is 0.407. The van der Waals surface area contributed by atoms with Crippen molar-refractivity contribution in [3.63, 3.8) is 0 Å². The number of fused-ring (bicyclic) bond motifs is 1. The highest BCUT2D eigenvalue weighted by atomic mass is 16.6. The molecule has 2 rings (SSSR count). The zero-order valence-corrected chi connectivity index (χ0v) is 12.4. The van der Waals surface area contributed by atoms with Gasteiger partial charge in [0.15, 0.2) is 0 Å². The molecule has 0 atom stereocenters. The van der Waals surface area contributed by atoms with Crippen LogP contribution in [0.3, 0.4) is 0 Å². The van der Waals surface area contributed by atoms with E-state index in [0.717, 1.165) is 0 Å². The summed E-state index contributed by atoms with van der Waals surface area (Å²) >= 11 is 0. The molecule has 2 aromatic rings. The minimum Gasteiger partial charge on any atom is -0.508 e. The van der Waals surface area contributed by atoms with E-state index >= 15 is 0 Å². The lowest BCUT2D eigenvalue weighted by molar-refractivity contribution is -0.383. The maximum absolute atomic E-state index is 11.3. The molecule has 0 aliphatic carbocycles. The van der Waals surface area contributed by atoms with Crippen LogP contribution in [-0.4, -0.2) is 27.7 Å². The topological polar surface area (TPSA) is 126 Å². The average Bonchev–Trinajstić information content (AvgIpc) is 2.80. The number of hydrogen-bond acceptors (Lipinski definition) is 6. The third kappa shape index (κ3) is 4.00. The van der Waals surface area contributed by atoms with Crippen molar-refractivity contribution >= 4 is 28.7 Å². The van der Waals surface area contributed by atoms with Gasteiger partial charge < -0.3 is 19.9 Å². The summed E-state index contributed by atoms with van der Waals surface area (Å²) in [5, 5.41) is 32.5. The van der Waals surface area contributed by atoms with Gasteiger partial charge in [-0.3, -0.25) is 14.9 Å². The Balaban J connectivity index is 2.24. The van der Waals surface area contributed by atoms with Gasteiger partial charge in [-0.2, -0.15) is 0 Å². The molecule has 0 saturated carbocycles. The third-order valence-electron chi connectivity index (χ3n) is 3.17. The first-order valence-electron chi connectivity index (χ1n) is 6.92. The number of phenols is 1. The van der Waals surface area contributed by atoms with Gasteiger partial charge in [0.2, 0.25) is 5.76 Å². The van der Waals surface area contributed by atoms with E-state index in [1.54, 1.807) is 6.92 Å². The molecule has 0 saturated heterocycles. The second-order valence-electron chi connectivity index (χ2n) is 5.00. The molecule has 0 spiro atoms. The molecule has 122 valence electrons. The summed E-state index contributed by atoms with van der Waals surface area (Å²) in [5.74, 6) is -0.888. The van der Waals surface area contributed by atoms with Crippen LogP contribution in [0.5, 0.6) is 5.75 Å². The lowest BCUT2D eigenvalue weighted by atomic mass is 10.2. The van der Waals surface area contributed by atoms with Gasteiger partial charge in [0, 0.05) is 24.7 Å². The van der Waals surface area contributed by atoms with E-state index in [0.29, 0.717) is 24.2 Å². The summed E-state index contributed by atoms with van der Waals surface area (Å²) in [4.78, 5) is 21.1. The Labute approximate surface area is 131 Å². The van der Waals surface area contributed by atoms with Crippen LogP contribution in [0.2, 0.25) is 0 Å². The van der Waals surface area contributed by atoms with Crippen molar-refractivity contribution in [2.24, 2.45) is 0 Å². The zero-order valence-electron chi connectivity index (χ0n) is 12.4. The molecule has 1 heterocycles. The Bertz CT molecular complexity index is 778. The predicted molar refractivity (Wildman–Crippen MR) is 83.1 cm³/mol. The number of carboxylic acids is 1. The molecular formula is C15H16N2O6. The predicted octanol–water partition coefficient (Wildman–Crippen LogP) is 2.86. The molecule has 8 nitrogen and oxygen atoms in total. The molecule has 0 aliphatic rings. The van der Waals surface area contributed by atoms with Gasteiger partial charge in [-0.1, -0.05) is 0 Å². The summed E-state index contributed by atoms with van der Waals surface area (Å²) < 4.78 is 5.47. The Morgan fingerprint density at radius 1 is 1.48 bits per heavy atom. The van der Waals surface area contributed by atoms with E-state index in [4.69, 9.17) is 9.52 Å². The number of nitro groups is 1. The number of carboxylic acid groups (broad SMARTS) is 1. The van der Waals surface area contributed by atoms with Crippen molar-refractivity contribution in [1.29, 1.82) is 0 Å². The van der Waals surface area contributed by atoms with Gasteiger partial charge in [-0.05, 0) is 31.5 Å².